The van der Waals surface area contributed by atoms with Gasteiger partial charge in [0, 0.05) is 25.2 Å². The molecular formula is C19H24N2O4S. The summed E-state index contributed by atoms with van der Waals surface area (Å²) in [6, 6.07) is 13.4. The van der Waals surface area contributed by atoms with Crippen LogP contribution in [-0.4, -0.2) is 38.8 Å². The Bertz CT molecular complexity index is 844. The van der Waals surface area contributed by atoms with Gasteiger partial charge in [0.2, 0.25) is 10.0 Å². The van der Waals surface area contributed by atoms with Crippen molar-refractivity contribution >= 4 is 15.9 Å². The van der Waals surface area contributed by atoms with Crippen LogP contribution in [0.15, 0.2) is 53.4 Å². The predicted molar refractivity (Wildman–Crippen MR) is 101 cm³/mol. The first kappa shape index (κ1) is 19.9. The summed E-state index contributed by atoms with van der Waals surface area (Å²) in [5.41, 5.74) is 1.32. The van der Waals surface area contributed by atoms with Gasteiger partial charge in [-0.25, -0.2) is 8.42 Å². The van der Waals surface area contributed by atoms with Gasteiger partial charge in [-0.3, -0.25) is 4.79 Å². The second-order valence-corrected chi connectivity index (χ2v) is 7.59. The van der Waals surface area contributed by atoms with Crippen LogP contribution in [0.4, 0.5) is 0 Å². The summed E-state index contributed by atoms with van der Waals surface area (Å²) in [6.45, 7) is 4.78. The van der Waals surface area contributed by atoms with Crippen molar-refractivity contribution in [1.29, 1.82) is 0 Å². The molecule has 0 radical (unpaired) electrons. The third kappa shape index (κ3) is 4.62. The van der Waals surface area contributed by atoms with E-state index >= 15 is 0 Å². The van der Waals surface area contributed by atoms with Crippen LogP contribution in [0.25, 0.3) is 0 Å². The SMILES string of the molecule is CCN(CC)S(=O)(=O)c1ccc(CNC(=O)c2cccc(OC)c2)cc1. The maximum absolute atomic E-state index is 12.5. The number of nitrogens with one attached hydrogen (secondary N) is 1. The van der Waals surface area contributed by atoms with E-state index in [9.17, 15) is 13.2 Å². The lowest BCUT2D eigenvalue weighted by Gasteiger charge is -2.18. The van der Waals surface area contributed by atoms with E-state index in [0.29, 0.717) is 30.9 Å². The van der Waals surface area contributed by atoms with E-state index in [1.54, 1.807) is 55.6 Å². The van der Waals surface area contributed by atoms with Crippen LogP contribution >= 0.6 is 0 Å². The van der Waals surface area contributed by atoms with Crippen LogP contribution in [0.1, 0.15) is 29.8 Å². The maximum Gasteiger partial charge on any atom is 0.251 e. The quantitative estimate of drug-likeness (QED) is 0.768. The fraction of sp³-hybridized carbons (Fsp3) is 0.316. The van der Waals surface area contributed by atoms with Gasteiger partial charge in [0.05, 0.1) is 12.0 Å². The second kappa shape index (κ2) is 8.82. The van der Waals surface area contributed by atoms with E-state index in [0.717, 1.165) is 5.56 Å². The Labute approximate surface area is 154 Å². The molecule has 0 spiro atoms. The van der Waals surface area contributed by atoms with Gasteiger partial charge in [-0.1, -0.05) is 32.0 Å². The molecule has 2 aromatic carbocycles. The number of hydrogen-bond acceptors (Lipinski definition) is 4. The highest BCUT2D eigenvalue weighted by molar-refractivity contribution is 7.89. The van der Waals surface area contributed by atoms with Gasteiger partial charge in [-0.05, 0) is 35.9 Å². The molecule has 0 atom stereocenters. The van der Waals surface area contributed by atoms with Crippen LogP contribution < -0.4 is 10.1 Å². The molecular weight excluding hydrogens is 352 g/mol. The molecule has 0 saturated heterocycles. The molecule has 0 aliphatic rings. The first-order chi connectivity index (χ1) is 12.4. The van der Waals surface area contributed by atoms with Crippen molar-refractivity contribution in [3.05, 3.63) is 59.7 Å². The molecule has 6 nitrogen and oxygen atoms in total. The van der Waals surface area contributed by atoms with Crippen LogP contribution in [0.3, 0.4) is 0 Å². The Morgan fingerprint density at radius 1 is 1.08 bits per heavy atom. The Morgan fingerprint density at radius 3 is 2.31 bits per heavy atom. The number of hydrogen-bond donors (Lipinski definition) is 1. The fourth-order valence-corrected chi connectivity index (χ4v) is 4.00. The Hall–Kier alpha value is -2.38. The number of carbonyl (C=O) groups excluding carboxylic acids is 1. The van der Waals surface area contributed by atoms with Crippen LogP contribution in [-0.2, 0) is 16.6 Å². The third-order valence-electron chi connectivity index (χ3n) is 4.05. The zero-order valence-electron chi connectivity index (χ0n) is 15.2. The number of amides is 1. The Kier molecular flexibility index (Phi) is 6.76. The molecule has 0 fully saturated rings. The highest BCUT2D eigenvalue weighted by Crippen LogP contribution is 2.16. The minimum absolute atomic E-state index is 0.219. The van der Waals surface area contributed by atoms with Crippen molar-refractivity contribution in [3.8, 4) is 5.75 Å². The van der Waals surface area contributed by atoms with E-state index in [4.69, 9.17) is 4.74 Å². The molecule has 0 saturated carbocycles. The largest absolute Gasteiger partial charge is 0.497 e. The van der Waals surface area contributed by atoms with Gasteiger partial charge in [-0.2, -0.15) is 4.31 Å². The number of methoxy groups -OCH3 is 1. The van der Waals surface area contributed by atoms with Gasteiger partial charge in [-0.15, -0.1) is 0 Å². The summed E-state index contributed by atoms with van der Waals surface area (Å²) in [4.78, 5) is 12.5. The van der Waals surface area contributed by atoms with Crippen molar-refractivity contribution in [2.45, 2.75) is 25.3 Å². The molecule has 2 aromatic rings. The zero-order chi connectivity index (χ0) is 19.2. The number of benzene rings is 2. The van der Waals surface area contributed by atoms with Crippen LogP contribution in [0, 0.1) is 0 Å². The van der Waals surface area contributed by atoms with Gasteiger partial charge in [0.15, 0.2) is 0 Å². The second-order valence-electron chi connectivity index (χ2n) is 5.65. The Morgan fingerprint density at radius 2 is 1.73 bits per heavy atom. The molecule has 2 rings (SSSR count). The molecule has 1 amide bonds. The van der Waals surface area contributed by atoms with E-state index in [-0.39, 0.29) is 10.8 Å². The fourth-order valence-electron chi connectivity index (χ4n) is 2.54. The highest BCUT2D eigenvalue weighted by atomic mass is 32.2. The number of carbonyl (C=O) groups is 1. The van der Waals surface area contributed by atoms with E-state index in [1.807, 2.05) is 13.8 Å². The molecule has 0 aliphatic carbocycles. The van der Waals surface area contributed by atoms with Crippen molar-refractivity contribution in [2.24, 2.45) is 0 Å². The first-order valence-corrected chi connectivity index (χ1v) is 9.87. The standard InChI is InChI=1S/C19H24N2O4S/c1-4-21(5-2)26(23,24)18-11-9-15(10-12-18)14-20-19(22)16-7-6-8-17(13-16)25-3/h6-13H,4-5,14H2,1-3H3,(H,20,22). The van der Waals surface area contributed by atoms with E-state index in [1.165, 1.54) is 4.31 Å². The van der Waals surface area contributed by atoms with Gasteiger partial charge in [0.25, 0.3) is 5.91 Å². The zero-order valence-corrected chi connectivity index (χ0v) is 16.0. The molecule has 140 valence electrons. The van der Waals surface area contributed by atoms with Crippen molar-refractivity contribution < 1.29 is 17.9 Å². The summed E-state index contributed by atoms with van der Waals surface area (Å²) in [5, 5.41) is 2.82. The number of nitrogens with zero attached hydrogens (tertiary/aromatic N) is 1. The minimum atomic E-state index is -3.47. The Balaban J connectivity index is 2.04. The molecule has 26 heavy (non-hydrogen) atoms. The number of ether oxygens (including phenoxy) is 1. The van der Waals surface area contributed by atoms with Crippen molar-refractivity contribution in [2.75, 3.05) is 20.2 Å². The van der Waals surface area contributed by atoms with Crippen molar-refractivity contribution in [3.63, 3.8) is 0 Å². The summed E-state index contributed by atoms with van der Waals surface area (Å²) in [5.74, 6) is 0.396. The summed E-state index contributed by atoms with van der Waals surface area (Å²) in [6.07, 6.45) is 0. The monoisotopic (exact) mass is 376 g/mol. The van der Waals surface area contributed by atoms with E-state index in [2.05, 4.69) is 5.32 Å². The predicted octanol–water partition coefficient (Wildman–Crippen LogP) is 2.66. The molecule has 0 aliphatic heterocycles. The molecule has 0 heterocycles. The summed E-state index contributed by atoms with van der Waals surface area (Å²) in [7, 11) is -1.92. The molecule has 0 unspecified atom stereocenters. The average Bonchev–Trinajstić information content (AvgIpc) is 2.67. The third-order valence-corrected chi connectivity index (χ3v) is 6.12. The first-order valence-electron chi connectivity index (χ1n) is 8.43. The molecule has 0 aromatic heterocycles. The van der Waals surface area contributed by atoms with Crippen LogP contribution in [0.5, 0.6) is 5.75 Å². The number of rotatable bonds is 8. The molecule has 0 bridgehead atoms. The minimum Gasteiger partial charge on any atom is -0.497 e. The summed E-state index contributed by atoms with van der Waals surface area (Å²) < 4.78 is 31.4. The number of sulfonamides is 1. The van der Waals surface area contributed by atoms with Crippen LogP contribution in [0.2, 0.25) is 0 Å². The topological polar surface area (TPSA) is 75.7 Å². The normalized spacial score (nSPS) is 11.4. The lowest BCUT2D eigenvalue weighted by Crippen LogP contribution is -2.30. The molecule has 1 N–H and O–H groups in total. The summed E-state index contributed by atoms with van der Waals surface area (Å²) >= 11 is 0. The van der Waals surface area contributed by atoms with Crippen molar-refractivity contribution in [1.82, 2.24) is 9.62 Å². The smallest absolute Gasteiger partial charge is 0.251 e. The van der Waals surface area contributed by atoms with Gasteiger partial charge < -0.3 is 10.1 Å². The maximum atomic E-state index is 12.5. The van der Waals surface area contributed by atoms with Gasteiger partial charge >= 0.3 is 0 Å². The highest BCUT2D eigenvalue weighted by Gasteiger charge is 2.21. The lowest BCUT2D eigenvalue weighted by atomic mass is 10.2. The van der Waals surface area contributed by atoms with E-state index < -0.39 is 10.0 Å². The molecule has 7 heteroatoms. The van der Waals surface area contributed by atoms with Gasteiger partial charge in [0.1, 0.15) is 5.75 Å². The lowest BCUT2D eigenvalue weighted by molar-refractivity contribution is 0.0950. The average molecular weight is 376 g/mol.